The predicted octanol–water partition coefficient (Wildman–Crippen LogP) is 4.20. The van der Waals surface area contributed by atoms with Crippen molar-refractivity contribution in [2.45, 2.75) is 20.0 Å². The highest BCUT2D eigenvalue weighted by atomic mass is 19.4. The number of benzene rings is 2. The zero-order valence-electron chi connectivity index (χ0n) is 22.0. The lowest BCUT2D eigenvalue weighted by Crippen LogP contribution is -2.57. The van der Waals surface area contributed by atoms with Crippen molar-refractivity contribution in [2.24, 2.45) is 9.98 Å². The van der Waals surface area contributed by atoms with Gasteiger partial charge in [-0.15, -0.1) is 0 Å². The standard InChI is InChI=1S/C26H26F3N7O4/c1-5-31-24(38)36-21-20(13-32-23(30-3)34-21)14(2)35(25(36)39)18-10-17(11-19(12-18)40-4)33-22(37)15-7-6-8-16(9-15)26(27,28)29/h6-12H,5,13H2,1-4H3,(H,30,32)(H,31,38)(H,33,37). The molecule has 2 aliphatic rings. The van der Waals surface area contributed by atoms with Gasteiger partial charge in [0.15, 0.2) is 5.84 Å². The number of guanidine groups is 1. The van der Waals surface area contributed by atoms with Crippen LogP contribution >= 0.6 is 0 Å². The highest BCUT2D eigenvalue weighted by Crippen LogP contribution is 2.35. The first kappa shape index (κ1) is 28.1. The van der Waals surface area contributed by atoms with E-state index in [4.69, 9.17) is 4.74 Å². The number of amides is 5. The summed E-state index contributed by atoms with van der Waals surface area (Å²) in [7, 11) is 2.99. The molecule has 4 rings (SSSR count). The van der Waals surface area contributed by atoms with Crippen molar-refractivity contribution in [2.75, 3.05) is 37.5 Å². The van der Waals surface area contributed by atoms with Gasteiger partial charge in [0.25, 0.3) is 5.91 Å². The van der Waals surface area contributed by atoms with Crippen LogP contribution in [0, 0.1) is 0 Å². The summed E-state index contributed by atoms with van der Waals surface area (Å²) >= 11 is 0. The van der Waals surface area contributed by atoms with E-state index in [1.54, 1.807) is 20.9 Å². The highest BCUT2D eigenvalue weighted by Gasteiger charge is 2.41. The Morgan fingerprint density at radius 1 is 1.15 bits per heavy atom. The summed E-state index contributed by atoms with van der Waals surface area (Å²) in [4.78, 5) is 50.4. The van der Waals surface area contributed by atoms with Crippen LogP contribution in [-0.2, 0) is 6.18 Å². The molecule has 2 aliphatic heterocycles. The van der Waals surface area contributed by atoms with Crippen molar-refractivity contribution in [3.8, 4) is 5.75 Å². The van der Waals surface area contributed by atoms with Gasteiger partial charge >= 0.3 is 18.2 Å². The average molecular weight is 558 g/mol. The molecule has 0 saturated carbocycles. The predicted molar refractivity (Wildman–Crippen MR) is 143 cm³/mol. The van der Waals surface area contributed by atoms with Crippen LogP contribution in [0.15, 0.2) is 63.7 Å². The average Bonchev–Trinajstić information content (AvgIpc) is 2.92. The maximum Gasteiger partial charge on any atom is 0.416 e. The Balaban J connectivity index is 1.75. The summed E-state index contributed by atoms with van der Waals surface area (Å²) in [6.45, 7) is 3.75. The zero-order valence-corrected chi connectivity index (χ0v) is 22.0. The summed E-state index contributed by atoms with van der Waals surface area (Å²) in [6.07, 6.45) is -4.62. The molecule has 210 valence electrons. The van der Waals surface area contributed by atoms with Crippen LogP contribution < -0.4 is 25.6 Å². The van der Waals surface area contributed by atoms with Gasteiger partial charge < -0.3 is 20.7 Å². The molecule has 0 bridgehead atoms. The van der Waals surface area contributed by atoms with E-state index in [1.165, 1.54) is 36.3 Å². The number of rotatable bonds is 5. The normalized spacial score (nSPS) is 15.2. The molecule has 2 aromatic rings. The van der Waals surface area contributed by atoms with Crippen molar-refractivity contribution < 1.29 is 32.3 Å². The van der Waals surface area contributed by atoms with E-state index in [9.17, 15) is 27.6 Å². The zero-order chi connectivity index (χ0) is 29.2. The van der Waals surface area contributed by atoms with Gasteiger partial charge in [-0.2, -0.15) is 23.1 Å². The molecule has 2 heterocycles. The molecule has 0 atom stereocenters. The molecule has 0 aliphatic carbocycles. The van der Waals surface area contributed by atoms with E-state index in [2.05, 4.69) is 25.9 Å². The maximum absolute atomic E-state index is 13.8. The number of urea groups is 2. The molecule has 0 unspecified atom stereocenters. The van der Waals surface area contributed by atoms with E-state index in [0.29, 0.717) is 11.3 Å². The Labute approximate surface area is 227 Å². The van der Waals surface area contributed by atoms with Gasteiger partial charge in [0.1, 0.15) is 5.75 Å². The minimum absolute atomic E-state index is 0.129. The number of carbonyl (C=O) groups excluding carboxylic acids is 3. The second-order valence-corrected chi connectivity index (χ2v) is 8.63. The Morgan fingerprint density at radius 3 is 2.55 bits per heavy atom. The Bertz CT molecular complexity index is 1470. The summed E-state index contributed by atoms with van der Waals surface area (Å²) in [6, 6.07) is 6.97. The number of fused-ring (bicyclic) bond motifs is 1. The maximum atomic E-state index is 13.8. The number of methoxy groups -OCH3 is 1. The fourth-order valence-corrected chi connectivity index (χ4v) is 4.15. The van der Waals surface area contributed by atoms with Crippen LogP contribution in [0.2, 0.25) is 0 Å². The van der Waals surface area contributed by atoms with Crippen LogP contribution in [0.25, 0.3) is 0 Å². The second kappa shape index (κ2) is 11.1. The van der Waals surface area contributed by atoms with Crippen molar-refractivity contribution in [1.82, 2.24) is 15.5 Å². The third-order valence-electron chi connectivity index (χ3n) is 6.09. The van der Waals surface area contributed by atoms with E-state index >= 15 is 0 Å². The molecule has 0 saturated heterocycles. The monoisotopic (exact) mass is 557 g/mol. The van der Waals surface area contributed by atoms with Gasteiger partial charge in [-0.25, -0.2) is 14.6 Å². The van der Waals surface area contributed by atoms with Crippen LogP contribution in [0.5, 0.6) is 5.75 Å². The topological polar surface area (TPSA) is 128 Å². The van der Waals surface area contributed by atoms with Crippen molar-refractivity contribution in [1.29, 1.82) is 0 Å². The first-order valence-corrected chi connectivity index (χ1v) is 12.1. The van der Waals surface area contributed by atoms with Crippen LogP contribution in [0.3, 0.4) is 0 Å². The molecule has 14 heteroatoms. The van der Waals surface area contributed by atoms with Crippen molar-refractivity contribution >= 4 is 41.1 Å². The molecule has 0 spiro atoms. The Hall–Kier alpha value is -4.88. The number of anilines is 2. The summed E-state index contributed by atoms with van der Waals surface area (Å²) < 4.78 is 44.8. The van der Waals surface area contributed by atoms with E-state index in [-0.39, 0.29) is 47.6 Å². The number of ether oxygens (including phenoxy) is 1. The van der Waals surface area contributed by atoms with Crippen LogP contribution in [0.4, 0.5) is 34.1 Å². The molecule has 5 amide bonds. The Kier molecular flexibility index (Phi) is 7.79. The number of allylic oxidation sites excluding steroid dienone is 1. The first-order valence-electron chi connectivity index (χ1n) is 12.1. The van der Waals surface area contributed by atoms with Crippen LogP contribution in [-0.4, -0.2) is 61.9 Å². The second-order valence-electron chi connectivity index (χ2n) is 8.63. The highest BCUT2D eigenvalue weighted by molar-refractivity contribution is 6.27. The lowest BCUT2D eigenvalue weighted by molar-refractivity contribution is -0.137. The van der Waals surface area contributed by atoms with Gasteiger partial charge in [-0.3, -0.25) is 9.69 Å². The minimum atomic E-state index is -4.62. The fourth-order valence-electron chi connectivity index (χ4n) is 4.15. The molecule has 40 heavy (non-hydrogen) atoms. The molecule has 0 fully saturated rings. The number of hydrogen-bond donors (Lipinski definition) is 3. The fraction of sp³-hybridized carbons (Fsp3) is 0.269. The van der Waals surface area contributed by atoms with Gasteiger partial charge in [-0.05, 0) is 38.1 Å². The third kappa shape index (κ3) is 5.46. The van der Waals surface area contributed by atoms with Gasteiger partial charge in [0.05, 0.1) is 24.9 Å². The third-order valence-corrected chi connectivity index (χ3v) is 6.09. The van der Waals surface area contributed by atoms with E-state index < -0.39 is 29.7 Å². The number of halogens is 3. The van der Waals surface area contributed by atoms with Gasteiger partial charge in [-0.1, -0.05) is 6.07 Å². The number of carbonyl (C=O) groups is 3. The lowest BCUT2D eigenvalue weighted by Gasteiger charge is -2.38. The lowest BCUT2D eigenvalue weighted by atomic mass is 10.1. The van der Waals surface area contributed by atoms with Crippen molar-refractivity contribution in [3.63, 3.8) is 0 Å². The number of hydrogen-bond acceptors (Lipinski definition) is 7. The van der Waals surface area contributed by atoms with Gasteiger partial charge in [0, 0.05) is 48.2 Å². The van der Waals surface area contributed by atoms with Crippen LogP contribution in [0.1, 0.15) is 29.8 Å². The molecule has 3 N–H and O–H groups in total. The number of alkyl halides is 3. The first-order chi connectivity index (χ1) is 19.0. The minimum Gasteiger partial charge on any atom is -0.497 e. The number of imide groups is 1. The van der Waals surface area contributed by atoms with E-state index in [1.807, 2.05) is 0 Å². The number of nitrogens with zero attached hydrogens (tertiary/aromatic N) is 4. The summed E-state index contributed by atoms with van der Waals surface area (Å²) in [5.74, 6) is -0.177. The molecule has 11 nitrogen and oxygen atoms in total. The summed E-state index contributed by atoms with van der Waals surface area (Å²) in [5.41, 5.74) is 0.145. The molecular formula is C26H26F3N7O4. The SMILES string of the molecule is CCNC(=O)N1C(=O)N(c2cc(NC(=O)c3cccc(C(F)(F)F)c3)cc(OC)c2)C(C)=C2CN=C(NC)N=C21. The van der Waals surface area contributed by atoms with Crippen molar-refractivity contribution in [3.05, 3.63) is 64.9 Å². The molecule has 2 aromatic carbocycles. The smallest absolute Gasteiger partial charge is 0.416 e. The number of aliphatic imine (C=N–C) groups is 2. The van der Waals surface area contributed by atoms with E-state index in [0.717, 1.165) is 23.1 Å². The quantitative estimate of drug-likeness (QED) is 0.508. The molecule has 0 aromatic heterocycles. The van der Waals surface area contributed by atoms with Gasteiger partial charge in [0.2, 0.25) is 5.96 Å². The summed E-state index contributed by atoms with van der Waals surface area (Å²) in [5, 5.41) is 7.97. The number of nitrogens with one attached hydrogen (secondary N) is 3. The Morgan fingerprint density at radius 2 is 1.90 bits per heavy atom. The number of amidine groups is 1. The molecular weight excluding hydrogens is 531 g/mol. The molecule has 0 radical (unpaired) electrons. The largest absolute Gasteiger partial charge is 0.497 e.